The highest BCUT2D eigenvalue weighted by Gasteiger charge is 2.18. The minimum Gasteiger partial charge on any atom is -0.377 e. The van der Waals surface area contributed by atoms with Crippen molar-refractivity contribution in [2.75, 3.05) is 44.5 Å². The smallest absolute Gasteiger partial charge is 0.213 e. The fraction of sp³-hybridized carbons (Fsp3) is 0.933. The van der Waals surface area contributed by atoms with E-state index in [0.717, 1.165) is 19.3 Å². The van der Waals surface area contributed by atoms with E-state index in [4.69, 9.17) is 4.74 Å². The molecular formula is C15H32N4O5S2. The normalized spacial score (nSPS) is 20.6. The molecule has 1 aliphatic heterocycles. The van der Waals surface area contributed by atoms with Gasteiger partial charge in [-0.3, -0.25) is 4.99 Å². The number of sulfone groups is 1. The van der Waals surface area contributed by atoms with Gasteiger partial charge >= 0.3 is 0 Å². The lowest BCUT2D eigenvalue weighted by Gasteiger charge is -2.22. The molecule has 2 unspecified atom stereocenters. The van der Waals surface area contributed by atoms with E-state index >= 15 is 0 Å². The van der Waals surface area contributed by atoms with Crippen LogP contribution in [0.5, 0.6) is 0 Å². The highest BCUT2D eigenvalue weighted by atomic mass is 32.2. The molecule has 0 spiro atoms. The van der Waals surface area contributed by atoms with Gasteiger partial charge in [-0.2, -0.15) is 0 Å². The van der Waals surface area contributed by atoms with Crippen LogP contribution in [0.1, 0.15) is 32.6 Å². The van der Waals surface area contributed by atoms with Crippen LogP contribution in [-0.2, 0) is 24.6 Å². The minimum absolute atomic E-state index is 0.0448. The highest BCUT2D eigenvalue weighted by Crippen LogP contribution is 2.11. The number of guanidine groups is 1. The Kier molecular flexibility index (Phi) is 9.83. The van der Waals surface area contributed by atoms with Gasteiger partial charge in [0, 0.05) is 39.0 Å². The summed E-state index contributed by atoms with van der Waals surface area (Å²) in [6.45, 7) is 3.03. The van der Waals surface area contributed by atoms with Crippen molar-refractivity contribution in [1.29, 1.82) is 0 Å². The van der Waals surface area contributed by atoms with E-state index < -0.39 is 19.9 Å². The SMILES string of the molecule is CN=C(NCCS(=O)(=O)NCC1CCCCO1)NC(C)CCS(C)(=O)=O. The second-order valence-corrected chi connectivity index (χ2v) is 10.8. The molecule has 0 radical (unpaired) electrons. The molecule has 26 heavy (non-hydrogen) atoms. The summed E-state index contributed by atoms with van der Waals surface area (Å²) in [7, 11) is -4.83. The highest BCUT2D eigenvalue weighted by molar-refractivity contribution is 7.90. The van der Waals surface area contributed by atoms with Crippen molar-refractivity contribution in [3.8, 4) is 0 Å². The standard InChI is InChI=1S/C15H32N4O5S2/c1-13(7-10-25(3,20)21)19-15(16-2)17-8-11-26(22,23)18-12-14-6-4-5-9-24-14/h13-14,18H,4-12H2,1-3H3,(H2,16,17,19). The molecule has 1 fully saturated rings. The van der Waals surface area contributed by atoms with E-state index in [1.165, 1.54) is 6.26 Å². The van der Waals surface area contributed by atoms with E-state index in [0.29, 0.717) is 25.5 Å². The topological polar surface area (TPSA) is 126 Å². The summed E-state index contributed by atoms with van der Waals surface area (Å²) >= 11 is 0. The van der Waals surface area contributed by atoms with Crippen molar-refractivity contribution in [2.24, 2.45) is 4.99 Å². The van der Waals surface area contributed by atoms with E-state index in [1.807, 2.05) is 6.92 Å². The Morgan fingerprint density at radius 2 is 1.96 bits per heavy atom. The molecule has 1 heterocycles. The van der Waals surface area contributed by atoms with Gasteiger partial charge in [-0.15, -0.1) is 0 Å². The third kappa shape index (κ3) is 10.9. The molecule has 1 aliphatic rings. The zero-order chi connectivity index (χ0) is 19.6. The Morgan fingerprint density at radius 1 is 1.23 bits per heavy atom. The van der Waals surface area contributed by atoms with Gasteiger partial charge in [0.25, 0.3) is 0 Å². The lowest BCUT2D eigenvalue weighted by molar-refractivity contribution is 0.0200. The van der Waals surface area contributed by atoms with Crippen molar-refractivity contribution in [3.63, 3.8) is 0 Å². The van der Waals surface area contributed by atoms with Crippen molar-refractivity contribution in [3.05, 3.63) is 0 Å². The largest absolute Gasteiger partial charge is 0.377 e. The molecule has 1 saturated heterocycles. The number of hydrogen-bond donors (Lipinski definition) is 3. The van der Waals surface area contributed by atoms with Gasteiger partial charge in [-0.1, -0.05) is 0 Å². The third-order valence-corrected chi connectivity index (χ3v) is 6.32. The summed E-state index contributed by atoms with van der Waals surface area (Å²) in [5.41, 5.74) is 0. The van der Waals surface area contributed by atoms with Crippen molar-refractivity contribution < 1.29 is 21.6 Å². The number of nitrogens with one attached hydrogen (secondary N) is 3. The maximum atomic E-state index is 12.0. The lowest BCUT2D eigenvalue weighted by Crippen LogP contribution is -2.45. The van der Waals surface area contributed by atoms with Gasteiger partial charge in [-0.25, -0.2) is 21.6 Å². The fourth-order valence-electron chi connectivity index (χ4n) is 2.46. The molecule has 0 amide bonds. The quantitative estimate of drug-likeness (QED) is 0.325. The van der Waals surface area contributed by atoms with Crippen LogP contribution in [0.25, 0.3) is 0 Å². The van der Waals surface area contributed by atoms with Crippen LogP contribution < -0.4 is 15.4 Å². The number of ether oxygens (including phenoxy) is 1. The molecule has 154 valence electrons. The van der Waals surface area contributed by atoms with Crippen molar-refractivity contribution in [1.82, 2.24) is 15.4 Å². The number of sulfonamides is 1. The molecule has 0 aromatic heterocycles. The Labute approximate surface area is 157 Å². The van der Waals surface area contributed by atoms with Crippen LogP contribution in [0.4, 0.5) is 0 Å². The van der Waals surface area contributed by atoms with Crippen LogP contribution in [0, 0.1) is 0 Å². The molecule has 0 bridgehead atoms. The monoisotopic (exact) mass is 412 g/mol. The Hall–Kier alpha value is -0.910. The van der Waals surface area contributed by atoms with Crippen molar-refractivity contribution >= 4 is 25.8 Å². The maximum Gasteiger partial charge on any atom is 0.213 e. The second kappa shape index (κ2) is 11.1. The average molecular weight is 413 g/mol. The van der Waals surface area contributed by atoms with Crippen LogP contribution in [0.15, 0.2) is 4.99 Å². The third-order valence-electron chi connectivity index (χ3n) is 4.00. The molecule has 0 aromatic rings. The summed E-state index contributed by atoms with van der Waals surface area (Å²) < 4.78 is 54.6. The first-order valence-corrected chi connectivity index (χ1v) is 12.6. The number of rotatable bonds is 10. The van der Waals surface area contributed by atoms with E-state index in [-0.39, 0.29) is 30.2 Å². The zero-order valence-electron chi connectivity index (χ0n) is 15.8. The van der Waals surface area contributed by atoms with Gasteiger partial charge in [0.05, 0.1) is 17.6 Å². The van der Waals surface area contributed by atoms with Gasteiger partial charge in [0.1, 0.15) is 9.84 Å². The number of nitrogens with zero attached hydrogens (tertiary/aromatic N) is 1. The zero-order valence-corrected chi connectivity index (χ0v) is 17.5. The maximum absolute atomic E-state index is 12.0. The van der Waals surface area contributed by atoms with Crippen LogP contribution in [-0.4, -0.2) is 79.4 Å². The first kappa shape index (κ1) is 23.1. The summed E-state index contributed by atoms with van der Waals surface area (Å²) in [4.78, 5) is 4.02. The predicted octanol–water partition coefficient (Wildman–Crippen LogP) is -0.537. The van der Waals surface area contributed by atoms with E-state index in [1.54, 1.807) is 7.05 Å². The first-order chi connectivity index (χ1) is 12.1. The second-order valence-electron chi connectivity index (χ2n) is 6.62. The van der Waals surface area contributed by atoms with E-state index in [9.17, 15) is 16.8 Å². The van der Waals surface area contributed by atoms with Gasteiger partial charge in [-0.05, 0) is 32.6 Å². The Balaban J connectivity index is 2.29. The van der Waals surface area contributed by atoms with Gasteiger partial charge in [0.2, 0.25) is 10.0 Å². The lowest BCUT2D eigenvalue weighted by atomic mass is 10.1. The molecule has 9 nitrogen and oxygen atoms in total. The number of hydrogen-bond acceptors (Lipinski definition) is 6. The molecule has 11 heteroatoms. The number of aliphatic imine (C=N–C) groups is 1. The Bertz CT molecular complexity index is 643. The molecule has 0 saturated carbocycles. The van der Waals surface area contributed by atoms with E-state index in [2.05, 4.69) is 20.3 Å². The molecule has 1 rings (SSSR count). The Morgan fingerprint density at radius 3 is 2.54 bits per heavy atom. The first-order valence-electron chi connectivity index (χ1n) is 8.85. The van der Waals surface area contributed by atoms with Gasteiger partial charge < -0.3 is 15.4 Å². The average Bonchev–Trinajstić information content (AvgIpc) is 2.57. The minimum atomic E-state index is -3.40. The molecule has 3 N–H and O–H groups in total. The van der Waals surface area contributed by atoms with Crippen LogP contribution in [0.2, 0.25) is 0 Å². The molecule has 2 atom stereocenters. The predicted molar refractivity (Wildman–Crippen MR) is 104 cm³/mol. The van der Waals surface area contributed by atoms with Crippen molar-refractivity contribution in [2.45, 2.75) is 44.8 Å². The summed E-state index contributed by atoms with van der Waals surface area (Å²) in [5.74, 6) is 0.439. The molecular weight excluding hydrogens is 380 g/mol. The summed E-state index contributed by atoms with van der Waals surface area (Å²) in [6.07, 6.45) is 4.57. The fourth-order valence-corrected chi connectivity index (χ4v) is 4.19. The van der Waals surface area contributed by atoms with Crippen LogP contribution >= 0.6 is 0 Å². The van der Waals surface area contributed by atoms with Crippen LogP contribution in [0.3, 0.4) is 0 Å². The molecule has 0 aliphatic carbocycles. The van der Waals surface area contributed by atoms with Gasteiger partial charge in [0.15, 0.2) is 5.96 Å². The molecule has 0 aromatic carbocycles. The summed E-state index contributed by atoms with van der Waals surface area (Å²) in [6, 6.07) is -0.103. The summed E-state index contributed by atoms with van der Waals surface area (Å²) in [5, 5.41) is 5.98.